The van der Waals surface area contributed by atoms with Crippen molar-refractivity contribution in [3.63, 3.8) is 0 Å². The summed E-state index contributed by atoms with van der Waals surface area (Å²) in [5, 5.41) is 22.5. The number of carbonyl (C=O) groups excluding carboxylic acids is 1. The van der Waals surface area contributed by atoms with Gasteiger partial charge >= 0.3 is 0 Å². The fourth-order valence-electron chi connectivity index (χ4n) is 2.71. The molecule has 10 heteroatoms. The summed E-state index contributed by atoms with van der Waals surface area (Å²) < 4.78 is 7.27. The van der Waals surface area contributed by atoms with Gasteiger partial charge in [-0.05, 0) is 24.3 Å². The molecule has 0 saturated heterocycles. The van der Waals surface area contributed by atoms with Crippen LogP contribution in [0, 0.1) is 10.1 Å². The Bertz CT molecular complexity index is 1070. The summed E-state index contributed by atoms with van der Waals surface area (Å²) in [6, 6.07) is 13.1. The molecule has 0 bridgehead atoms. The van der Waals surface area contributed by atoms with E-state index in [-0.39, 0.29) is 17.3 Å². The second-order valence-corrected chi connectivity index (χ2v) is 6.99. The van der Waals surface area contributed by atoms with Crippen LogP contribution in [-0.2, 0) is 11.3 Å². The van der Waals surface area contributed by atoms with Crippen molar-refractivity contribution in [3.8, 4) is 17.1 Å². The second-order valence-electron chi connectivity index (χ2n) is 6.05. The highest BCUT2D eigenvalue weighted by atomic mass is 32.2. The molecule has 0 atom stereocenters. The molecule has 2 aromatic carbocycles. The number of thioether (sulfide) groups is 1. The number of rotatable bonds is 9. The summed E-state index contributed by atoms with van der Waals surface area (Å²) in [6.07, 6.45) is 1.73. The van der Waals surface area contributed by atoms with Crippen LogP contribution in [0.5, 0.6) is 5.75 Å². The third kappa shape index (κ3) is 4.84. The fraction of sp³-hybridized carbons (Fsp3) is 0.150. The number of nitro benzene ring substituents is 1. The molecule has 9 nitrogen and oxygen atoms in total. The summed E-state index contributed by atoms with van der Waals surface area (Å²) >= 11 is 1.23. The van der Waals surface area contributed by atoms with Gasteiger partial charge in [-0.3, -0.25) is 19.5 Å². The number of nitrogens with one attached hydrogen (secondary N) is 1. The van der Waals surface area contributed by atoms with Crippen molar-refractivity contribution >= 4 is 29.0 Å². The summed E-state index contributed by atoms with van der Waals surface area (Å²) in [7, 11) is 1.59. The van der Waals surface area contributed by atoms with E-state index in [1.54, 1.807) is 13.2 Å². The van der Waals surface area contributed by atoms with Gasteiger partial charge in [-0.2, -0.15) is 0 Å². The van der Waals surface area contributed by atoms with Crippen molar-refractivity contribution in [2.45, 2.75) is 11.7 Å². The van der Waals surface area contributed by atoms with Crippen LogP contribution in [0.15, 0.2) is 66.3 Å². The molecule has 0 fully saturated rings. The van der Waals surface area contributed by atoms with Crippen LogP contribution in [0.1, 0.15) is 0 Å². The van der Waals surface area contributed by atoms with Crippen molar-refractivity contribution in [3.05, 3.63) is 71.3 Å². The molecule has 30 heavy (non-hydrogen) atoms. The highest BCUT2D eigenvalue weighted by molar-refractivity contribution is 7.99. The van der Waals surface area contributed by atoms with Crippen molar-refractivity contribution in [2.75, 3.05) is 18.2 Å². The van der Waals surface area contributed by atoms with Crippen LogP contribution in [0.25, 0.3) is 11.4 Å². The zero-order valence-electron chi connectivity index (χ0n) is 16.1. The first-order valence-corrected chi connectivity index (χ1v) is 9.86. The van der Waals surface area contributed by atoms with E-state index in [2.05, 4.69) is 22.1 Å². The molecule has 0 unspecified atom stereocenters. The number of para-hydroxylation sites is 1. The Hall–Kier alpha value is -3.66. The lowest BCUT2D eigenvalue weighted by molar-refractivity contribution is -0.384. The quantitative estimate of drug-likeness (QED) is 0.240. The number of ether oxygens (including phenoxy) is 1. The Kier molecular flexibility index (Phi) is 6.81. The summed E-state index contributed by atoms with van der Waals surface area (Å²) in [5.41, 5.74) is 1.23. The highest BCUT2D eigenvalue weighted by Crippen LogP contribution is 2.31. The van der Waals surface area contributed by atoms with E-state index >= 15 is 0 Å². The minimum atomic E-state index is -0.493. The Morgan fingerprint density at radius 2 is 2.00 bits per heavy atom. The molecule has 0 saturated carbocycles. The van der Waals surface area contributed by atoms with E-state index in [4.69, 9.17) is 4.74 Å². The first kappa shape index (κ1) is 21.1. The molecule has 1 aromatic heterocycles. The Morgan fingerprint density at radius 3 is 2.67 bits per heavy atom. The number of amides is 1. The first-order valence-electron chi connectivity index (χ1n) is 8.88. The van der Waals surface area contributed by atoms with Crippen molar-refractivity contribution in [2.24, 2.45) is 0 Å². The lowest BCUT2D eigenvalue weighted by Crippen LogP contribution is -2.14. The number of benzene rings is 2. The zero-order chi connectivity index (χ0) is 21.5. The molecular formula is C20H19N5O4S. The highest BCUT2D eigenvalue weighted by Gasteiger charge is 2.17. The second kappa shape index (κ2) is 9.70. The molecule has 1 N–H and O–H groups in total. The summed E-state index contributed by atoms with van der Waals surface area (Å²) in [5.74, 6) is 1.12. The van der Waals surface area contributed by atoms with Gasteiger partial charge in [0.1, 0.15) is 5.75 Å². The number of aromatic nitrogens is 3. The number of hydrogen-bond donors (Lipinski definition) is 1. The molecule has 0 aliphatic heterocycles. The van der Waals surface area contributed by atoms with Gasteiger partial charge in [0.05, 0.1) is 23.3 Å². The van der Waals surface area contributed by atoms with Crippen LogP contribution in [-0.4, -0.2) is 38.5 Å². The maximum atomic E-state index is 12.3. The maximum absolute atomic E-state index is 12.3. The topological polar surface area (TPSA) is 112 Å². The predicted molar refractivity (Wildman–Crippen MR) is 115 cm³/mol. The Balaban J connectivity index is 1.72. The first-order chi connectivity index (χ1) is 14.5. The Morgan fingerprint density at radius 1 is 1.27 bits per heavy atom. The predicted octanol–water partition coefficient (Wildman–Crippen LogP) is 3.78. The molecular weight excluding hydrogens is 406 g/mol. The van der Waals surface area contributed by atoms with Crippen LogP contribution in [0.4, 0.5) is 11.4 Å². The van der Waals surface area contributed by atoms with Gasteiger partial charge in [0.15, 0.2) is 11.0 Å². The van der Waals surface area contributed by atoms with Gasteiger partial charge < -0.3 is 10.1 Å². The molecule has 0 spiro atoms. The fourth-order valence-corrected chi connectivity index (χ4v) is 3.46. The van der Waals surface area contributed by atoms with Crippen LogP contribution in [0.2, 0.25) is 0 Å². The minimum Gasteiger partial charge on any atom is -0.496 e. The average molecular weight is 425 g/mol. The van der Waals surface area contributed by atoms with Gasteiger partial charge in [0, 0.05) is 24.4 Å². The number of methoxy groups -OCH3 is 1. The smallest absolute Gasteiger partial charge is 0.269 e. The van der Waals surface area contributed by atoms with E-state index in [9.17, 15) is 14.9 Å². The monoisotopic (exact) mass is 425 g/mol. The number of nitrogens with zero attached hydrogens (tertiary/aromatic N) is 4. The van der Waals surface area contributed by atoms with Crippen molar-refractivity contribution in [1.82, 2.24) is 14.8 Å². The number of hydrogen-bond acceptors (Lipinski definition) is 7. The minimum absolute atomic E-state index is 0.0382. The number of anilines is 1. The normalized spacial score (nSPS) is 10.4. The number of allylic oxidation sites excluding steroid dienone is 1. The van der Waals surface area contributed by atoms with E-state index in [0.717, 1.165) is 5.56 Å². The number of carbonyl (C=O) groups is 1. The van der Waals surface area contributed by atoms with E-state index < -0.39 is 4.92 Å². The molecule has 0 radical (unpaired) electrons. The lowest BCUT2D eigenvalue weighted by atomic mass is 10.2. The number of non-ortho nitro benzene ring substituents is 1. The molecule has 0 aliphatic rings. The maximum Gasteiger partial charge on any atom is 0.269 e. The van der Waals surface area contributed by atoms with Gasteiger partial charge in [0.25, 0.3) is 5.69 Å². The zero-order valence-corrected chi connectivity index (χ0v) is 17.0. The van der Waals surface area contributed by atoms with Crippen LogP contribution < -0.4 is 10.1 Å². The third-order valence-corrected chi connectivity index (χ3v) is 5.04. The summed E-state index contributed by atoms with van der Waals surface area (Å²) in [6.45, 7) is 4.25. The molecule has 1 amide bonds. The molecule has 3 aromatic rings. The van der Waals surface area contributed by atoms with E-state index in [1.165, 1.54) is 36.0 Å². The van der Waals surface area contributed by atoms with Crippen LogP contribution >= 0.6 is 11.8 Å². The van der Waals surface area contributed by atoms with Crippen LogP contribution in [0.3, 0.4) is 0 Å². The third-order valence-electron chi connectivity index (χ3n) is 4.07. The van der Waals surface area contributed by atoms with E-state index in [1.807, 2.05) is 28.8 Å². The average Bonchev–Trinajstić information content (AvgIpc) is 3.15. The number of nitro groups is 1. The van der Waals surface area contributed by atoms with E-state index in [0.29, 0.717) is 29.0 Å². The van der Waals surface area contributed by atoms with Gasteiger partial charge in [-0.25, -0.2) is 0 Å². The molecule has 3 rings (SSSR count). The molecule has 154 valence electrons. The van der Waals surface area contributed by atoms with Gasteiger partial charge in [-0.1, -0.05) is 30.0 Å². The summed E-state index contributed by atoms with van der Waals surface area (Å²) in [4.78, 5) is 22.5. The SMILES string of the molecule is C=CCn1c(SCC(=O)Nc2ccc([N+](=O)[O-])cc2)nnc1-c1ccccc1OC. The molecule has 0 aliphatic carbocycles. The lowest BCUT2D eigenvalue weighted by Gasteiger charge is -2.10. The largest absolute Gasteiger partial charge is 0.496 e. The van der Waals surface area contributed by atoms with Crippen molar-refractivity contribution < 1.29 is 14.5 Å². The standard InChI is InChI=1S/C20H19N5O4S/c1-3-12-24-19(16-6-4-5-7-17(16)29-2)22-23-20(24)30-13-18(26)21-14-8-10-15(11-9-14)25(27)28/h3-11H,1,12-13H2,2H3,(H,21,26). The Labute approximate surface area is 176 Å². The van der Waals surface area contributed by atoms with Gasteiger partial charge in [0.2, 0.25) is 5.91 Å². The van der Waals surface area contributed by atoms with Gasteiger partial charge in [-0.15, -0.1) is 16.8 Å². The molecule has 1 heterocycles. The van der Waals surface area contributed by atoms with Crippen molar-refractivity contribution in [1.29, 1.82) is 0 Å².